The third-order valence-corrected chi connectivity index (χ3v) is 2.37. The lowest BCUT2D eigenvalue weighted by Crippen LogP contribution is -2.11. The van der Waals surface area contributed by atoms with E-state index >= 15 is 0 Å². The number of hydrogen-bond donors (Lipinski definition) is 1. The smallest absolute Gasteiger partial charge is 0.279 e. The number of alkyl halides is 2. The van der Waals surface area contributed by atoms with Crippen LogP contribution in [0.2, 0.25) is 5.02 Å². The van der Waals surface area contributed by atoms with E-state index in [0.29, 0.717) is 0 Å². The van der Waals surface area contributed by atoms with Crippen LogP contribution >= 0.6 is 34.2 Å². The first-order valence-electron chi connectivity index (χ1n) is 2.88. The van der Waals surface area contributed by atoms with Gasteiger partial charge >= 0.3 is 0 Å². The molecular formula is C6H3ClF2INO. The maximum absolute atomic E-state index is 12.1. The first-order valence-corrected chi connectivity index (χ1v) is 4.34. The molecule has 66 valence electrons. The van der Waals surface area contributed by atoms with Gasteiger partial charge in [0.2, 0.25) is 0 Å². The Hall–Kier alpha value is -0.170. The second-order valence-electron chi connectivity index (χ2n) is 2.01. The van der Waals surface area contributed by atoms with Crippen molar-refractivity contribution < 1.29 is 8.78 Å². The fraction of sp³-hybridized carbons (Fsp3) is 0.167. The summed E-state index contributed by atoms with van der Waals surface area (Å²) in [5.41, 5.74) is -1.07. The Bertz CT molecular complexity index is 352. The molecule has 0 aliphatic rings. The molecule has 0 atom stereocenters. The van der Waals surface area contributed by atoms with Crippen molar-refractivity contribution in [2.24, 2.45) is 0 Å². The van der Waals surface area contributed by atoms with E-state index in [9.17, 15) is 13.6 Å². The molecule has 0 bridgehead atoms. The van der Waals surface area contributed by atoms with Gasteiger partial charge in [0.1, 0.15) is 5.02 Å². The molecule has 0 aliphatic carbocycles. The minimum atomic E-state index is -2.68. The Morgan fingerprint density at radius 2 is 2.17 bits per heavy atom. The lowest BCUT2D eigenvalue weighted by molar-refractivity contribution is 0.144. The average molecular weight is 305 g/mol. The van der Waals surface area contributed by atoms with Gasteiger partial charge in [0.25, 0.3) is 12.0 Å². The average Bonchev–Trinajstić information content (AvgIpc) is 1.96. The molecule has 1 rings (SSSR count). The highest BCUT2D eigenvalue weighted by molar-refractivity contribution is 14.1. The van der Waals surface area contributed by atoms with Gasteiger partial charge in [-0.2, -0.15) is 0 Å². The molecule has 1 aromatic heterocycles. The zero-order valence-electron chi connectivity index (χ0n) is 5.57. The molecule has 0 fully saturated rings. The lowest BCUT2D eigenvalue weighted by Gasteiger charge is -2.01. The van der Waals surface area contributed by atoms with Crippen LogP contribution < -0.4 is 5.56 Å². The zero-order chi connectivity index (χ0) is 9.30. The van der Waals surface area contributed by atoms with Crippen molar-refractivity contribution in [3.63, 3.8) is 0 Å². The predicted octanol–water partition coefficient (Wildman–Crippen LogP) is 2.57. The monoisotopic (exact) mass is 305 g/mol. The van der Waals surface area contributed by atoms with Gasteiger partial charge in [-0.3, -0.25) is 4.79 Å². The Kier molecular flexibility index (Phi) is 3.05. The summed E-state index contributed by atoms with van der Waals surface area (Å²) < 4.78 is 24.5. The number of rotatable bonds is 1. The van der Waals surface area contributed by atoms with Gasteiger partial charge in [-0.1, -0.05) is 11.6 Å². The van der Waals surface area contributed by atoms with E-state index in [1.807, 2.05) is 4.98 Å². The molecule has 1 aromatic rings. The summed E-state index contributed by atoms with van der Waals surface area (Å²) >= 11 is 7.08. The van der Waals surface area contributed by atoms with Crippen LogP contribution in [0.3, 0.4) is 0 Å². The number of pyridine rings is 1. The van der Waals surface area contributed by atoms with Crippen LogP contribution in [0.25, 0.3) is 0 Å². The highest BCUT2D eigenvalue weighted by Gasteiger charge is 2.13. The molecule has 0 aromatic carbocycles. The summed E-state index contributed by atoms with van der Waals surface area (Å²) in [7, 11) is 0. The lowest BCUT2D eigenvalue weighted by atomic mass is 10.4. The fourth-order valence-corrected chi connectivity index (χ4v) is 1.68. The molecule has 0 radical (unpaired) electrons. The van der Waals surface area contributed by atoms with E-state index in [2.05, 4.69) is 0 Å². The maximum Gasteiger partial charge on any atom is 0.279 e. The number of nitrogens with one attached hydrogen (secondary N) is 1. The summed E-state index contributed by atoms with van der Waals surface area (Å²) in [5, 5.41) is -0.0798. The molecule has 0 amide bonds. The van der Waals surface area contributed by atoms with Crippen LogP contribution in [0.4, 0.5) is 8.78 Å². The van der Waals surface area contributed by atoms with Crippen molar-refractivity contribution in [3.8, 4) is 0 Å². The molecule has 0 aliphatic heterocycles. The molecule has 6 heteroatoms. The highest BCUT2D eigenvalue weighted by Crippen LogP contribution is 2.22. The Balaban J connectivity index is 3.33. The molecular weight excluding hydrogens is 302 g/mol. The Morgan fingerprint density at radius 3 is 2.67 bits per heavy atom. The topological polar surface area (TPSA) is 32.9 Å². The summed E-state index contributed by atoms with van der Waals surface area (Å²) in [4.78, 5) is 12.8. The molecule has 12 heavy (non-hydrogen) atoms. The van der Waals surface area contributed by atoms with Crippen molar-refractivity contribution in [1.29, 1.82) is 0 Å². The number of hydrogen-bond acceptors (Lipinski definition) is 1. The SMILES string of the molecule is O=c1[nH]c(C(F)F)c(I)cc1Cl. The van der Waals surface area contributed by atoms with Crippen LogP contribution in [0.5, 0.6) is 0 Å². The molecule has 1 heterocycles. The molecule has 2 nitrogen and oxygen atoms in total. The zero-order valence-corrected chi connectivity index (χ0v) is 8.49. The van der Waals surface area contributed by atoms with Crippen LogP contribution in [-0.2, 0) is 0 Å². The van der Waals surface area contributed by atoms with Crippen LogP contribution in [0.1, 0.15) is 12.1 Å². The van der Waals surface area contributed by atoms with Crippen molar-refractivity contribution in [2.75, 3.05) is 0 Å². The van der Waals surface area contributed by atoms with Crippen LogP contribution in [-0.4, -0.2) is 4.98 Å². The minimum Gasteiger partial charge on any atom is -0.319 e. The Morgan fingerprint density at radius 1 is 1.58 bits per heavy atom. The fourth-order valence-electron chi connectivity index (χ4n) is 0.655. The van der Waals surface area contributed by atoms with E-state index in [4.69, 9.17) is 11.6 Å². The third-order valence-electron chi connectivity index (χ3n) is 1.19. The maximum atomic E-state index is 12.1. The number of H-pyrrole nitrogens is 1. The molecule has 0 saturated carbocycles. The second kappa shape index (κ2) is 3.69. The van der Waals surface area contributed by atoms with Gasteiger partial charge in [-0.05, 0) is 28.7 Å². The van der Waals surface area contributed by atoms with Crippen molar-refractivity contribution >= 4 is 34.2 Å². The number of aromatic nitrogens is 1. The van der Waals surface area contributed by atoms with Crippen molar-refractivity contribution in [3.05, 3.63) is 30.7 Å². The predicted molar refractivity (Wildman–Crippen MR) is 49.7 cm³/mol. The van der Waals surface area contributed by atoms with Gasteiger partial charge in [0.15, 0.2) is 0 Å². The van der Waals surface area contributed by atoms with Gasteiger partial charge in [-0.25, -0.2) is 8.78 Å². The van der Waals surface area contributed by atoms with Crippen molar-refractivity contribution in [2.45, 2.75) is 6.43 Å². The normalized spacial score (nSPS) is 10.8. The number of aromatic amines is 1. The summed E-state index contributed by atoms with van der Waals surface area (Å²) in [6.45, 7) is 0. The van der Waals surface area contributed by atoms with Gasteiger partial charge in [-0.15, -0.1) is 0 Å². The van der Waals surface area contributed by atoms with E-state index in [1.54, 1.807) is 22.6 Å². The first-order chi connectivity index (χ1) is 5.52. The number of halogens is 4. The molecule has 0 spiro atoms. The van der Waals surface area contributed by atoms with Gasteiger partial charge in [0.05, 0.1) is 5.69 Å². The molecule has 0 unspecified atom stereocenters. The van der Waals surface area contributed by atoms with Gasteiger partial charge in [0, 0.05) is 3.57 Å². The minimum absolute atomic E-state index is 0.0798. The summed E-state index contributed by atoms with van der Waals surface area (Å²) in [6, 6.07) is 1.21. The largest absolute Gasteiger partial charge is 0.319 e. The van der Waals surface area contributed by atoms with Gasteiger partial charge < -0.3 is 4.98 Å². The third kappa shape index (κ3) is 1.95. The Labute approximate surface area is 85.1 Å². The molecule has 1 N–H and O–H groups in total. The molecule has 0 saturated heterocycles. The van der Waals surface area contributed by atoms with E-state index < -0.39 is 12.0 Å². The highest BCUT2D eigenvalue weighted by atomic mass is 127. The quantitative estimate of drug-likeness (QED) is 0.795. The summed E-state index contributed by atoms with van der Waals surface area (Å²) in [6.07, 6.45) is -2.68. The van der Waals surface area contributed by atoms with E-state index in [0.717, 1.165) is 0 Å². The van der Waals surface area contributed by atoms with Crippen molar-refractivity contribution in [1.82, 2.24) is 4.98 Å². The van der Waals surface area contributed by atoms with E-state index in [-0.39, 0.29) is 14.3 Å². The second-order valence-corrected chi connectivity index (χ2v) is 3.58. The first kappa shape index (κ1) is 9.91. The summed E-state index contributed by atoms with van der Waals surface area (Å²) in [5.74, 6) is 0. The van der Waals surface area contributed by atoms with E-state index in [1.165, 1.54) is 6.07 Å². The standard InChI is InChI=1S/C6H3ClF2INO/c7-2-1-3(10)4(5(8)9)11-6(2)12/h1,5H,(H,11,12). The van der Waals surface area contributed by atoms with Crippen LogP contribution in [0, 0.1) is 3.57 Å². The van der Waals surface area contributed by atoms with Crippen LogP contribution in [0.15, 0.2) is 10.9 Å².